The first-order chi connectivity index (χ1) is 12.6. The number of hydrogen-bond acceptors (Lipinski definition) is 3. The summed E-state index contributed by atoms with van der Waals surface area (Å²) in [6, 6.07) is 18.1. The van der Waals surface area contributed by atoms with Crippen LogP contribution < -0.4 is 5.32 Å². The van der Waals surface area contributed by atoms with Gasteiger partial charge in [-0.25, -0.2) is 0 Å². The Morgan fingerprint density at radius 1 is 1.00 bits per heavy atom. The zero-order valence-electron chi connectivity index (χ0n) is 15.1. The average Bonchev–Trinajstić information content (AvgIpc) is 3.16. The molecule has 1 saturated carbocycles. The molecule has 1 amide bonds. The van der Waals surface area contributed by atoms with E-state index in [9.17, 15) is 9.59 Å². The zero-order chi connectivity index (χ0) is 18.4. The molecule has 4 heteroatoms. The van der Waals surface area contributed by atoms with E-state index >= 15 is 0 Å². The van der Waals surface area contributed by atoms with E-state index in [0.717, 1.165) is 42.4 Å². The van der Waals surface area contributed by atoms with Gasteiger partial charge in [0, 0.05) is 6.04 Å². The molecule has 26 heavy (non-hydrogen) atoms. The summed E-state index contributed by atoms with van der Waals surface area (Å²) < 4.78 is 5.29. The van der Waals surface area contributed by atoms with E-state index < -0.39 is 6.10 Å². The van der Waals surface area contributed by atoms with Crippen molar-refractivity contribution in [2.45, 2.75) is 51.2 Å². The number of nitrogens with one attached hydrogen (secondary N) is 1. The third-order valence-electron chi connectivity index (χ3n) is 4.79. The zero-order valence-corrected chi connectivity index (χ0v) is 15.1. The highest BCUT2D eigenvalue weighted by Crippen LogP contribution is 2.20. The molecule has 0 aliphatic heterocycles. The minimum atomic E-state index is -0.758. The van der Waals surface area contributed by atoms with Gasteiger partial charge in [-0.15, -0.1) is 0 Å². The van der Waals surface area contributed by atoms with Gasteiger partial charge < -0.3 is 10.1 Å². The van der Waals surface area contributed by atoms with Crippen LogP contribution in [-0.4, -0.2) is 24.0 Å². The molecular weight excluding hydrogens is 326 g/mol. The van der Waals surface area contributed by atoms with Gasteiger partial charge in [-0.1, -0.05) is 67.4 Å². The molecule has 0 spiro atoms. The number of benzene rings is 2. The molecule has 0 unspecified atom stereocenters. The van der Waals surface area contributed by atoms with Gasteiger partial charge in [0.15, 0.2) is 6.10 Å². The van der Waals surface area contributed by atoms with Crippen molar-refractivity contribution in [1.82, 2.24) is 5.32 Å². The van der Waals surface area contributed by atoms with Crippen molar-refractivity contribution in [3.63, 3.8) is 0 Å². The lowest BCUT2D eigenvalue weighted by molar-refractivity contribution is -0.154. The number of rotatable bonds is 6. The minimum absolute atomic E-state index is 0.163. The van der Waals surface area contributed by atoms with Crippen molar-refractivity contribution < 1.29 is 14.3 Å². The Hall–Kier alpha value is -2.62. The maximum atomic E-state index is 12.1. The monoisotopic (exact) mass is 351 g/mol. The fourth-order valence-corrected chi connectivity index (χ4v) is 3.29. The largest absolute Gasteiger partial charge is 0.452 e. The first-order valence-electron chi connectivity index (χ1n) is 9.26. The second-order valence-corrected chi connectivity index (χ2v) is 6.86. The van der Waals surface area contributed by atoms with Gasteiger partial charge in [-0.3, -0.25) is 9.59 Å². The second kappa shape index (κ2) is 8.65. The van der Waals surface area contributed by atoms with Crippen LogP contribution in [0.4, 0.5) is 0 Å². The molecule has 2 aromatic carbocycles. The molecule has 0 heterocycles. The van der Waals surface area contributed by atoms with E-state index in [4.69, 9.17) is 4.74 Å². The van der Waals surface area contributed by atoms with E-state index in [0.29, 0.717) is 0 Å². The molecule has 1 N–H and O–H groups in total. The van der Waals surface area contributed by atoms with E-state index in [1.54, 1.807) is 6.92 Å². The van der Waals surface area contributed by atoms with Crippen LogP contribution >= 0.6 is 0 Å². The van der Waals surface area contributed by atoms with Crippen molar-refractivity contribution in [1.29, 1.82) is 0 Å². The highest BCUT2D eigenvalue weighted by atomic mass is 16.5. The van der Waals surface area contributed by atoms with Crippen LogP contribution in [0.15, 0.2) is 54.6 Å². The molecule has 0 bridgehead atoms. The van der Waals surface area contributed by atoms with Crippen molar-refractivity contribution in [2.24, 2.45) is 0 Å². The Morgan fingerprint density at radius 2 is 1.62 bits per heavy atom. The lowest BCUT2D eigenvalue weighted by Crippen LogP contribution is -2.41. The normalized spacial score (nSPS) is 15.4. The van der Waals surface area contributed by atoms with Crippen LogP contribution in [0, 0.1) is 0 Å². The lowest BCUT2D eigenvalue weighted by atomic mass is 10.0. The van der Waals surface area contributed by atoms with Gasteiger partial charge in [0.1, 0.15) is 0 Å². The highest BCUT2D eigenvalue weighted by molar-refractivity contribution is 5.84. The third kappa shape index (κ3) is 4.94. The van der Waals surface area contributed by atoms with Crippen LogP contribution in [0.2, 0.25) is 0 Å². The van der Waals surface area contributed by atoms with Gasteiger partial charge >= 0.3 is 5.97 Å². The van der Waals surface area contributed by atoms with Crippen LogP contribution in [-0.2, 0) is 20.7 Å². The van der Waals surface area contributed by atoms with Crippen molar-refractivity contribution in [3.8, 4) is 11.1 Å². The fourth-order valence-electron chi connectivity index (χ4n) is 3.29. The molecule has 1 aliphatic carbocycles. The maximum Gasteiger partial charge on any atom is 0.311 e. The fraction of sp³-hybridized carbons (Fsp3) is 0.364. The first kappa shape index (κ1) is 18.2. The standard InChI is InChI=1S/C22H25NO3/c1-16(22(25)23-20-9-5-6-10-20)26-21(24)15-17-11-13-19(14-12-17)18-7-3-2-4-8-18/h2-4,7-8,11-14,16,20H,5-6,9-10,15H2,1H3,(H,23,25)/t16-/m1/s1. The Kier molecular flexibility index (Phi) is 6.05. The van der Waals surface area contributed by atoms with Crippen LogP contribution in [0.25, 0.3) is 11.1 Å². The minimum Gasteiger partial charge on any atom is -0.452 e. The summed E-state index contributed by atoms with van der Waals surface area (Å²) in [7, 11) is 0. The number of ether oxygens (including phenoxy) is 1. The molecule has 3 rings (SSSR count). The number of amides is 1. The molecule has 136 valence electrons. The summed E-state index contributed by atoms with van der Waals surface area (Å²) in [5.74, 6) is -0.587. The van der Waals surface area contributed by atoms with Gasteiger partial charge in [0.25, 0.3) is 5.91 Å². The maximum absolute atomic E-state index is 12.1. The van der Waals surface area contributed by atoms with Crippen molar-refractivity contribution >= 4 is 11.9 Å². The van der Waals surface area contributed by atoms with Gasteiger partial charge in [-0.05, 0) is 36.5 Å². The predicted molar refractivity (Wildman–Crippen MR) is 102 cm³/mol. The van der Waals surface area contributed by atoms with E-state index in [-0.39, 0.29) is 24.3 Å². The summed E-state index contributed by atoms with van der Waals surface area (Å²) in [6.07, 6.45) is 3.74. The number of esters is 1. The molecular formula is C22H25NO3. The molecule has 0 saturated heterocycles. The molecule has 4 nitrogen and oxygen atoms in total. The number of carbonyl (C=O) groups is 2. The summed E-state index contributed by atoms with van der Waals surface area (Å²) >= 11 is 0. The van der Waals surface area contributed by atoms with Gasteiger partial charge in [-0.2, -0.15) is 0 Å². The SMILES string of the molecule is C[C@@H](OC(=O)Cc1ccc(-c2ccccc2)cc1)C(=O)NC1CCCC1. The van der Waals surface area contributed by atoms with Crippen LogP contribution in [0.1, 0.15) is 38.2 Å². The van der Waals surface area contributed by atoms with E-state index in [1.165, 1.54) is 0 Å². The summed E-state index contributed by atoms with van der Waals surface area (Å²) in [6.45, 7) is 1.63. The lowest BCUT2D eigenvalue weighted by Gasteiger charge is -2.17. The Balaban J connectivity index is 1.50. The number of hydrogen-bond donors (Lipinski definition) is 1. The summed E-state index contributed by atoms with van der Waals surface area (Å²) in [4.78, 5) is 24.2. The molecule has 2 aromatic rings. The molecule has 1 fully saturated rings. The predicted octanol–water partition coefficient (Wildman–Crippen LogP) is 3.89. The third-order valence-corrected chi connectivity index (χ3v) is 4.79. The molecule has 0 aromatic heterocycles. The summed E-state index contributed by atoms with van der Waals surface area (Å²) in [5.41, 5.74) is 3.11. The van der Waals surface area contributed by atoms with Crippen LogP contribution in [0.3, 0.4) is 0 Å². The topological polar surface area (TPSA) is 55.4 Å². The summed E-state index contributed by atoms with van der Waals surface area (Å²) in [5, 5.41) is 2.96. The van der Waals surface area contributed by atoms with E-state index in [1.807, 2.05) is 54.6 Å². The Labute approximate surface area is 154 Å². The quantitative estimate of drug-likeness (QED) is 0.804. The molecule has 1 atom stereocenters. The smallest absolute Gasteiger partial charge is 0.311 e. The van der Waals surface area contributed by atoms with Gasteiger partial charge in [0.2, 0.25) is 0 Å². The highest BCUT2D eigenvalue weighted by Gasteiger charge is 2.23. The molecule has 1 aliphatic rings. The van der Waals surface area contributed by atoms with Crippen molar-refractivity contribution in [2.75, 3.05) is 0 Å². The first-order valence-corrected chi connectivity index (χ1v) is 9.26. The van der Waals surface area contributed by atoms with Gasteiger partial charge in [0.05, 0.1) is 6.42 Å². The van der Waals surface area contributed by atoms with E-state index in [2.05, 4.69) is 5.32 Å². The molecule has 0 radical (unpaired) electrons. The Morgan fingerprint density at radius 3 is 2.27 bits per heavy atom. The van der Waals surface area contributed by atoms with Crippen LogP contribution in [0.5, 0.6) is 0 Å². The van der Waals surface area contributed by atoms with Crippen molar-refractivity contribution in [3.05, 3.63) is 60.2 Å². The Bertz CT molecular complexity index is 734. The average molecular weight is 351 g/mol. The number of carbonyl (C=O) groups excluding carboxylic acids is 2. The second-order valence-electron chi connectivity index (χ2n) is 6.86.